The maximum atomic E-state index is 14.0. The van der Waals surface area contributed by atoms with Gasteiger partial charge in [-0.15, -0.1) is 0 Å². The number of urea groups is 1. The molecule has 208 valence electrons. The average molecular weight is 541 g/mol. The first kappa shape index (κ1) is 28.5. The fourth-order valence-corrected chi connectivity index (χ4v) is 4.43. The van der Waals surface area contributed by atoms with Crippen molar-refractivity contribution in [3.8, 4) is 0 Å². The molecule has 4 rings (SSSR count). The normalized spacial score (nSPS) is 15.0. The number of anilines is 3. The number of aliphatic imine (C=N–C) groups is 1. The van der Waals surface area contributed by atoms with Crippen LogP contribution in [0.3, 0.4) is 0 Å². The standard InChI is InChI=1S/C31H36N6O3/c1-6-36(7-2)22-14-12-13-21(19-22)33-30(40)35-28-29(39)37(20-26(38)31(3,4)5)25-17-9-8-15-23(25)27(34-28)24-16-10-11-18-32-24/h8-19,28H,6-7,20H2,1-5H3,(H2,33,35,40). The molecule has 0 fully saturated rings. The van der Waals surface area contributed by atoms with Gasteiger partial charge in [0.05, 0.1) is 23.6 Å². The molecule has 40 heavy (non-hydrogen) atoms. The van der Waals surface area contributed by atoms with E-state index in [2.05, 4.69) is 34.4 Å². The molecule has 9 heteroatoms. The zero-order chi connectivity index (χ0) is 28.9. The highest BCUT2D eigenvalue weighted by Crippen LogP contribution is 2.29. The fourth-order valence-electron chi connectivity index (χ4n) is 4.43. The fraction of sp³-hybridized carbons (Fsp3) is 0.323. The van der Waals surface area contributed by atoms with Crippen LogP contribution >= 0.6 is 0 Å². The number of amides is 3. The minimum Gasteiger partial charge on any atom is -0.372 e. The molecule has 0 bridgehead atoms. The second-order valence-electron chi connectivity index (χ2n) is 10.5. The number of carbonyl (C=O) groups is 3. The lowest BCUT2D eigenvalue weighted by Crippen LogP contribution is -2.50. The molecule has 1 unspecified atom stereocenters. The molecule has 0 spiro atoms. The summed E-state index contributed by atoms with van der Waals surface area (Å²) < 4.78 is 0. The van der Waals surface area contributed by atoms with Crippen molar-refractivity contribution >= 4 is 40.5 Å². The summed E-state index contributed by atoms with van der Waals surface area (Å²) in [5, 5.41) is 5.56. The number of ketones is 1. The van der Waals surface area contributed by atoms with E-state index < -0.39 is 23.5 Å². The van der Waals surface area contributed by atoms with E-state index in [0.29, 0.717) is 28.3 Å². The number of nitrogens with zero attached hydrogens (tertiary/aromatic N) is 4. The Kier molecular flexibility index (Phi) is 8.62. The Labute approximate surface area is 235 Å². The van der Waals surface area contributed by atoms with E-state index in [9.17, 15) is 14.4 Å². The summed E-state index contributed by atoms with van der Waals surface area (Å²) in [5.74, 6) is -0.628. The van der Waals surface area contributed by atoms with Crippen LogP contribution in [-0.2, 0) is 9.59 Å². The van der Waals surface area contributed by atoms with Crippen molar-refractivity contribution in [2.75, 3.05) is 34.8 Å². The lowest BCUT2D eigenvalue weighted by Gasteiger charge is -2.28. The van der Waals surface area contributed by atoms with Gasteiger partial charge in [0, 0.05) is 41.6 Å². The first-order valence-corrected chi connectivity index (χ1v) is 13.5. The van der Waals surface area contributed by atoms with Crippen LogP contribution in [0.2, 0.25) is 0 Å². The molecule has 3 aromatic rings. The van der Waals surface area contributed by atoms with Gasteiger partial charge in [-0.3, -0.25) is 14.6 Å². The largest absolute Gasteiger partial charge is 0.372 e. The molecule has 0 radical (unpaired) electrons. The van der Waals surface area contributed by atoms with E-state index in [4.69, 9.17) is 4.99 Å². The summed E-state index contributed by atoms with van der Waals surface area (Å²) in [6.07, 6.45) is 0.356. The second kappa shape index (κ2) is 12.1. The first-order valence-electron chi connectivity index (χ1n) is 13.5. The maximum absolute atomic E-state index is 14.0. The summed E-state index contributed by atoms with van der Waals surface area (Å²) in [4.78, 5) is 53.0. The van der Waals surface area contributed by atoms with Crippen LogP contribution in [0, 0.1) is 5.41 Å². The van der Waals surface area contributed by atoms with Crippen molar-refractivity contribution in [3.05, 3.63) is 84.2 Å². The van der Waals surface area contributed by atoms with Gasteiger partial charge < -0.3 is 20.4 Å². The number of nitrogens with one attached hydrogen (secondary N) is 2. The summed E-state index contributed by atoms with van der Waals surface area (Å²) in [6, 6.07) is 19.6. The molecule has 3 amide bonds. The molecular formula is C31H36N6O3. The van der Waals surface area contributed by atoms with E-state index in [1.54, 1.807) is 36.5 Å². The number of pyridine rings is 1. The monoisotopic (exact) mass is 540 g/mol. The number of Topliss-reactive ketones (excluding diaryl/α,β-unsaturated/α-hetero) is 1. The van der Waals surface area contributed by atoms with Crippen molar-refractivity contribution in [2.24, 2.45) is 10.4 Å². The molecule has 1 aromatic heterocycles. The highest BCUT2D eigenvalue weighted by Gasteiger charge is 2.36. The number of aromatic nitrogens is 1. The first-order chi connectivity index (χ1) is 19.1. The number of hydrogen-bond acceptors (Lipinski definition) is 6. The Morgan fingerprint density at radius 2 is 1.70 bits per heavy atom. The van der Waals surface area contributed by atoms with Gasteiger partial charge in [-0.2, -0.15) is 0 Å². The molecule has 1 aliphatic heterocycles. The Balaban J connectivity index is 1.70. The molecule has 0 aliphatic carbocycles. The van der Waals surface area contributed by atoms with E-state index in [-0.39, 0.29) is 12.3 Å². The number of rotatable bonds is 8. The predicted molar refractivity (Wildman–Crippen MR) is 159 cm³/mol. The summed E-state index contributed by atoms with van der Waals surface area (Å²) in [5.41, 5.74) is 3.07. The van der Waals surface area contributed by atoms with Crippen LogP contribution in [0.1, 0.15) is 45.9 Å². The SMILES string of the molecule is CCN(CC)c1cccc(NC(=O)NC2N=C(c3ccccn3)c3ccccc3N(CC(=O)C(C)(C)C)C2=O)c1. The van der Waals surface area contributed by atoms with Gasteiger partial charge in [-0.25, -0.2) is 9.79 Å². The molecule has 2 N–H and O–H groups in total. The van der Waals surface area contributed by atoms with Crippen molar-refractivity contribution in [3.63, 3.8) is 0 Å². The van der Waals surface area contributed by atoms with Crippen LogP contribution in [-0.4, -0.2) is 54.2 Å². The summed E-state index contributed by atoms with van der Waals surface area (Å²) in [7, 11) is 0. The number of hydrogen-bond donors (Lipinski definition) is 2. The third-order valence-electron chi connectivity index (χ3n) is 6.75. The molecule has 1 atom stereocenters. The Morgan fingerprint density at radius 3 is 2.38 bits per heavy atom. The lowest BCUT2D eigenvalue weighted by molar-refractivity contribution is -0.127. The highest BCUT2D eigenvalue weighted by molar-refractivity contribution is 6.20. The summed E-state index contributed by atoms with van der Waals surface area (Å²) in [6.45, 7) is 11.1. The molecule has 2 aromatic carbocycles. The van der Waals surface area contributed by atoms with Crippen molar-refractivity contribution < 1.29 is 14.4 Å². The third kappa shape index (κ3) is 6.36. The van der Waals surface area contributed by atoms with E-state index in [1.807, 2.05) is 57.2 Å². The van der Waals surface area contributed by atoms with Crippen molar-refractivity contribution in [1.82, 2.24) is 10.3 Å². The van der Waals surface area contributed by atoms with Crippen LogP contribution in [0.25, 0.3) is 0 Å². The average Bonchev–Trinajstić information content (AvgIpc) is 3.04. The van der Waals surface area contributed by atoms with Crippen LogP contribution in [0.4, 0.5) is 21.9 Å². The van der Waals surface area contributed by atoms with Gasteiger partial charge in [-0.1, -0.05) is 51.1 Å². The minimum atomic E-state index is -1.29. The highest BCUT2D eigenvalue weighted by atomic mass is 16.2. The zero-order valence-electron chi connectivity index (χ0n) is 23.6. The van der Waals surface area contributed by atoms with Gasteiger partial charge >= 0.3 is 6.03 Å². The Bertz CT molecular complexity index is 1410. The molecule has 9 nitrogen and oxygen atoms in total. The predicted octanol–water partition coefficient (Wildman–Crippen LogP) is 4.87. The number of benzodiazepines with no additional fused rings is 1. The number of carbonyl (C=O) groups excluding carboxylic acids is 3. The third-order valence-corrected chi connectivity index (χ3v) is 6.75. The maximum Gasteiger partial charge on any atom is 0.321 e. The van der Waals surface area contributed by atoms with E-state index in [0.717, 1.165) is 18.8 Å². The van der Waals surface area contributed by atoms with Gasteiger partial charge in [0.2, 0.25) is 6.17 Å². The van der Waals surface area contributed by atoms with Crippen LogP contribution in [0.15, 0.2) is 77.9 Å². The lowest BCUT2D eigenvalue weighted by atomic mass is 9.90. The smallest absolute Gasteiger partial charge is 0.321 e. The number of para-hydroxylation sites is 1. The van der Waals surface area contributed by atoms with E-state index in [1.165, 1.54) is 4.90 Å². The van der Waals surface area contributed by atoms with Crippen LogP contribution in [0.5, 0.6) is 0 Å². The van der Waals surface area contributed by atoms with Crippen molar-refractivity contribution in [2.45, 2.75) is 40.8 Å². The zero-order valence-corrected chi connectivity index (χ0v) is 23.6. The van der Waals surface area contributed by atoms with Gasteiger partial charge in [0.25, 0.3) is 5.91 Å². The Hall–Kier alpha value is -4.53. The van der Waals surface area contributed by atoms with Crippen LogP contribution < -0.4 is 20.4 Å². The topological polar surface area (TPSA) is 107 Å². The molecule has 0 saturated heterocycles. The van der Waals surface area contributed by atoms with E-state index >= 15 is 0 Å². The number of benzene rings is 2. The molecule has 1 aliphatic rings. The Morgan fingerprint density at radius 1 is 0.975 bits per heavy atom. The van der Waals surface area contributed by atoms with Gasteiger partial charge in [-0.05, 0) is 50.2 Å². The quantitative estimate of drug-likeness (QED) is 0.424. The van der Waals surface area contributed by atoms with Gasteiger partial charge in [0.15, 0.2) is 5.78 Å². The molecule has 0 saturated carbocycles. The number of fused-ring (bicyclic) bond motifs is 1. The summed E-state index contributed by atoms with van der Waals surface area (Å²) >= 11 is 0. The molecule has 2 heterocycles. The van der Waals surface area contributed by atoms with Crippen molar-refractivity contribution in [1.29, 1.82) is 0 Å². The molecular weight excluding hydrogens is 504 g/mol. The second-order valence-corrected chi connectivity index (χ2v) is 10.5. The minimum absolute atomic E-state index is 0.117. The van der Waals surface area contributed by atoms with Gasteiger partial charge in [0.1, 0.15) is 0 Å².